The maximum Gasteiger partial charge on any atom is 0.395 e. The molecule has 0 aromatic rings. The summed E-state index contributed by atoms with van der Waals surface area (Å²) in [6, 6.07) is 0. The average Bonchev–Trinajstić information content (AvgIpc) is 2.29. The van der Waals surface area contributed by atoms with Crippen LogP contribution in [0.5, 0.6) is 0 Å². The van der Waals surface area contributed by atoms with Crippen LogP contribution in [-0.4, -0.2) is 55.6 Å². The SMILES string of the molecule is C=C(C)C(=O)O[N+](C)(CC)N1CCOCC1.[Cl-]. The fourth-order valence-corrected chi connectivity index (χ4v) is 1.56. The number of carbonyl (C=O) groups excluding carboxylic acids is 1. The molecule has 0 aromatic carbocycles. The van der Waals surface area contributed by atoms with Gasteiger partial charge < -0.3 is 17.1 Å². The molecule has 6 heteroatoms. The number of morpholine rings is 1. The lowest BCUT2D eigenvalue weighted by atomic mass is 10.4. The number of carbonyl (C=O) groups is 1. The van der Waals surface area contributed by atoms with Crippen molar-refractivity contribution >= 4 is 5.97 Å². The van der Waals surface area contributed by atoms with Gasteiger partial charge in [0.15, 0.2) is 0 Å². The molecule has 1 aliphatic rings. The Labute approximate surface area is 109 Å². The summed E-state index contributed by atoms with van der Waals surface area (Å²) in [4.78, 5) is 17.0. The molecular weight excluding hydrogens is 244 g/mol. The van der Waals surface area contributed by atoms with Crippen LogP contribution in [-0.2, 0) is 14.4 Å². The van der Waals surface area contributed by atoms with Crippen LogP contribution in [0.1, 0.15) is 13.8 Å². The number of nitrogens with zero attached hydrogens (tertiary/aromatic N) is 2. The van der Waals surface area contributed by atoms with Gasteiger partial charge in [-0.3, -0.25) is 4.84 Å². The average molecular weight is 265 g/mol. The maximum absolute atomic E-state index is 11.6. The van der Waals surface area contributed by atoms with Crippen molar-refractivity contribution in [3.8, 4) is 0 Å². The van der Waals surface area contributed by atoms with E-state index in [2.05, 4.69) is 11.6 Å². The smallest absolute Gasteiger partial charge is 0.395 e. The summed E-state index contributed by atoms with van der Waals surface area (Å²) in [6.07, 6.45) is 0. The van der Waals surface area contributed by atoms with E-state index < -0.39 is 0 Å². The highest BCUT2D eigenvalue weighted by Gasteiger charge is 2.35. The molecular formula is C11H21ClN2O3. The third-order valence-corrected chi connectivity index (χ3v) is 2.80. The second kappa shape index (κ2) is 6.96. The van der Waals surface area contributed by atoms with E-state index in [0.717, 1.165) is 13.1 Å². The van der Waals surface area contributed by atoms with Crippen LogP contribution in [0.2, 0.25) is 0 Å². The van der Waals surface area contributed by atoms with E-state index in [9.17, 15) is 4.79 Å². The largest absolute Gasteiger partial charge is 1.00 e. The Morgan fingerprint density at radius 2 is 2.00 bits per heavy atom. The lowest BCUT2D eigenvalue weighted by Gasteiger charge is -2.39. The summed E-state index contributed by atoms with van der Waals surface area (Å²) in [5, 5.41) is 2.09. The molecule has 0 radical (unpaired) electrons. The first-order valence-corrected chi connectivity index (χ1v) is 5.57. The molecule has 0 aliphatic carbocycles. The zero-order valence-corrected chi connectivity index (χ0v) is 11.5. The highest BCUT2D eigenvalue weighted by Crippen LogP contribution is 2.14. The van der Waals surface area contributed by atoms with Gasteiger partial charge in [-0.05, 0) is 13.8 Å². The van der Waals surface area contributed by atoms with Crippen LogP contribution in [0.4, 0.5) is 0 Å². The van der Waals surface area contributed by atoms with Gasteiger partial charge in [0.05, 0.1) is 26.3 Å². The van der Waals surface area contributed by atoms with Crippen molar-refractivity contribution in [1.29, 1.82) is 0 Å². The van der Waals surface area contributed by atoms with Crippen molar-refractivity contribution in [1.82, 2.24) is 5.01 Å². The molecule has 1 fully saturated rings. The van der Waals surface area contributed by atoms with Gasteiger partial charge in [0.25, 0.3) is 0 Å². The van der Waals surface area contributed by atoms with Crippen LogP contribution < -0.4 is 12.4 Å². The molecule has 1 rings (SSSR count). The topological polar surface area (TPSA) is 38.8 Å². The predicted octanol–water partition coefficient (Wildman–Crippen LogP) is -2.26. The Balaban J connectivity index is 0.00000256. The van der Waals surface area contributed by atoms with Crippen molar-refractivity contribution in [3.63, 3.8) is 0 Å². The Morgan fingerprint density at radius 3 is 2.41 bits per heavy atom. The predicted molar refractivity (Wildman–Crippen MR) is 60.0 cm³/mol. The number of rotatable bonds is 4. The third-order valence-electron chi connectivity index (χ3n) is 2.80. The molecule has 1 atom stereocenters. The minimum absolute atomic E-state index is 0. The van der Waals surface area contributed by atoms with Gasteiger partial charge in [-0.1, -0.05) is 11.3 Å². The normalized spacial score (nSPS) is 19.9. The second-order valence-corrected chi connectivity index (χ2v) is 4.09. The fourth-order valence-electron chi connectivity index (χ4n) is 1.56. The molecule has 0 N–H and O–H groups in total. The maximum atomic E-state index is 11.6. The van der Waals surface area contributed by atoms with Crippen molar-refractivity contribution in [3.05, 3.63) is 12.2 Å². The van der Waals surface area contributed by atoms with E-state index in [1.165, 1.54) is 0 Å². The molecule has 1 unspecified atom stereocenters. The molecule has 0 amide bonds. The molecule has 1 heterocycles. The molecule has 0 spiro atoms. The molecule has 0 aromatic heterocycles. The standard InChI is InChI=1S/C11H21N2O3.ClH/c1-5-13(4,16-11(14)10(2)3)12-6-8-15-9-7-12;/h2,5-9H2,1,3-4H3;1H/q+1;/p-1. The van der Waals surface area contributed by atoms with Crippen LogP contribution in [0, 0.1) is 0 Å². The molecule has 100 valence electrons. The molecule has 5 nitrogen and oxygen atoms in total. The Bertz CT molecular complexity index is 280. The molecule has 0 saturated carbocycles. The lowest BCUT2D eigenvalue weighted by Crippen LogP contribution is -3.00. The molecule has 1 aliphatic heterocycles. The zero-order chi connectivity index (χ0) is 12.2. The van der Waals surface area contributed by atoms with E-state index in [4.69, 9.17) is 9.57 Å². The van der Waals surface area contributed by atoms with Gasteiger partial charge in [-0.2, -0.15) is 0 Å². The number of ether oxygens (including phenoxy) is 1. The van der Waals surface area contributed by atoms with Crippen molar-refractivity contribution < 1.29 is 31.5 Å². The summed E-state index contributed by atoms with van der Waals surface area (Å²) in [6.45, 7) is 10.8. The fraction of sp³-hybridized carbons (Fsp3) is 0.727. The first kappa shape index (κ1) is 16.4. The number of hydrogen-bond donors (Lipinski definition) is 0. The van der Waals surface area contributed by atoms with E-state index in [-0.39, 0.29) is 23.1 Å². The minimum atomic E-state index is -0.351. The lowest BCUT2D eigenvalue weighted by molar-refractivity contribution is -1.16. The second-order valence-electron chi connectivity index (χ2n) is 4.09. The highest BCUT2D eigenvalue weighted by molar-refractivity contribution is 5.86. The quantitative estimate of drug-likeness (QED) is 0.326. The van der Waals surface area contributed by atoms with E-state index in [1.54, 1.807) is 6.92 Å². The van der Waals surface area contributed by atoms with Crippen LogP contribution >= 0.6 is 0 Å². The molecule has 0 bridgehead atoms. The third kappa shape index (κ3) is 4.27. The van der Waals surface area contributed by atoms with E-state index >= 15 is 0 Å². The summed E-state index contributed by atoms with van der Waals surface area (Å²) < 4.78 is 5.44. The highest BCUT2D eigenvalue weighted by atomic mass is 35.5. The van der Waals surface area contributed by atoms with Gasteiger partial charge in [-0.25, -0.2) is 4.79 Å². The monoisotopic (exact) mass is 264 g/mol. The van der Waals surface area contributed by atoms with Crippen molar-refractivity contribution in [2.24, 2.45) is 0 Å². The van der Waals surface area contributed by atoms with Crippen molar-refractivity contribution in [2.75, 3.05) is 39.9 Å². The Kier molecular flexibility index (Phi) is 6.70. The minimum Gasteiger partial charge on any atom is -1.00 e. The van der Waals surface area contributed by atoms with E-state index in [0.29, 0.717) is 25.3 Å². The van der Waals surface area contributed by atoms with Gasteiger partial charge in [0.2, 0.25) is 0 Å². The summed E-state index contributed by atoms with van der Waals surface area (Å²) >= 11 is 0. The Morgan fingerprint density at radius 1 is 1.47 bits per heavy atom. The first-order valence-electron chi connectivity index (χ1n) is 5.57. The van der Waals surface area contributed by atoms with Gasteiger partial charge in [-0.15, -0.1) is 5.01 Å². The first-order chi connectivity index (χ1) is 7.49. The summed E-state index contributed by atoms with van der Waals surface area (Å²) in [5.74, 6) is -0.351. The van der Waals surface area contributed by atoms with Crippen LogP contribution in [0.25, 0.3) is 0 Å². The summed E-state index contributed by atoms with van der Waals surface area (Å²) in [5.41, 5.74) is 0.422. The number of quaternary nitrogens is 1. The summed E-state index contributed by atoms with van der Waals surface area (Å²) in [7, 11) is 1.88. The number of halogens is 1. The van der Waals surface area contributed by atoms with E-state index in [1.807, 2.05) is 14.0 Å². The zero-order valence-electron chi connectivity index (χ0n) is 10.7. The number of hydroxylamine groups is 2. The van der Waals surface area contributed by atoms with Crippen LogP contribution in [0.15, 0.2) is 12.2 Å². The molecule has 17 heavy (non-hydrogen) atoms. The van der Waals surface area contributed by atoms with Gasteiger partial charge >= 0.3 is 5.97 Å². The van der Waals surface area contributed by atoms with Crippen molar-refractivity contribution in [2.45, 2.75) is 13.8 Å². The van der Waals surface area contributed by atoms with Gasteiger partial charge in [0, 0.05) is 5.57 Å². The van der Waals surface area contributed by atoms with Gasteiger partial charge in [0.1, 0.15) is 13.6 Å². The Hall–Kier alpha value is -0.620. The number of hydrogen-bond acceptors (Lipinski definition) is 4. The molecule has 1 saturated heterocycles. The van der Waals surface area contributed by atoms with Crippen LogP contribution in [0.3, 0.4) is 0 Å².